The molecule has 0 radical (unpaired) electrons. The molecule has 0 spiro atoms. The predicted octanol–water partition coefficient (Wildman–Crippen LogP) is 2.72. The highest BCUT2D eigenvalue weighted by molar-refractivity contribution is 7.99. The van der Waals surface area contributed by atoms with Crippen LogP contribution in [0, 0.1) is 0 Å². The predicted molar refractivity (Wildman–Crippen MR) is 82.4 cm³/mol. The summed E-state index contributed by atoms with van der Waals surface area (Å²) in [5.74, 6) is 1.28. The lowest BCUT2D eigenvalue weighted by atomic mass is 10.3. The Balaban J connectivity index is 2.57. The van der Waals surface area contributed by atoms with Crippen LogP contribution in [0.25, 0.3) is 0 Å². The van der Waals surface area contributed by atoms with Gasteiger partial charge in [-0.15, -0.1) is 11.8 Å². The van der Waals surface area contributed by atoms with E-state index in [4.69, 9.17) is 9.47 Å². The van der Waals surface area contributed by atoms with Crippen LogP contribution in [0.3, 0.4) is 0 Å². The summed E-state index contributed by atoms with van der Waals surface area (Å²) < 4.78 is 10.3. The van der Waals surface area contributed by atoms with Gasteiger partial charge in [0.1, 0.15) is 11.8 Å². The second-order valence-corrected chi connectivity index (χ2v) is 5.34. The van der Waals surface area contributed by atoms with Crippen molar-refractivity contribution in [3.8, 4) is 5.75 Å². The maximum absolute atomic E-state index is 11.9. The van der Waals surface area contributed by atoms with Crippen LogP contribution in [0.2, 0.25) is 0 Å². The fourth-order valence-electron chi connectivity index (χ4n) is 1.64. The highest BCUT2D eigenvalue weighted by Crippen LogP contribution is 2.23. The average molecular weight is 297 g/mol. The number of rotatable bonds is 9. The molecule has 4 nitrogen and oxygen atoms in total. The summed E-state index contributed by atoms with van der Waals surface area (Å²) in [6, 6.07) is 7.55. The van der Waals surface area contributed by atoms with Crippen LogP contribution in [0.4, 0.5) is 0 Å². The molecule has 0 aromatic heterocycles. The Morgan fingerprint density at radius 3 is 2.85 bits per heavy atom. The molecule has 0 aliphatic rings. The number of thioether (sulfide) groups is 1. The van der Waals surface area contributed by atoms with Crippen LogP contribution in [0.1, 0.15) is 20.3 Å². The monoisotopic (exact) mass is 297 g/mol. The Morgan fingerprint density at radius 1 is 1.40 bits per heavy atom. The first-order valence-corrected chi connectivity index (χ1v) is 7.86. The van der Waals surface area contributed by atoms with Crippen LogP contribution in [-0.4, -0.2) is 38.0 Å². The fourth-order valence-corrected chi connectivity index (χ4v) is 2.63. The lowest BCUT2D eigenvalue weighted by molar-refractivity contribution is -0.144. The number of hydrogen-bond donors (Lipinski definition) is 1. The van der Waals surface area contributed by atoms with E-state index in [1.54, 1.807) is 18.9 Å². The second kappa shape index (κ2) is 9.66. The van der Waals surface area contributed by atoms with E-state index in [-0.39, 0.29) is 12.0 Å². The van der Waals surface area contributed by atoms with Crippen molar-refractivity contribution in [2.24, 2.45) is 0 Å². The summed E-state index contributed by atoms with van der Waals surface area (Å²) in [5, 5.41) is 3.23. The molecule has 5 heteroatoms. The summed E-state index contributed by atoms with van der Waals surface area (Å²) in [6.07, 6.45) is 0.986. The van der Waals surface area contributed by atoms with Crippen LogP contribution < -0.4 is 10.1 Å². The SMILES string of the molecule is CCCNC(CSc1cccc(OC)c1)C(=O)OCC. The summed E-state index contributed by atoms with van der Waals surface area (Å²) >= 11 is 1.62. The van der Waals surface area contributed by atoms with Crippen molar-refractivity contribution < 1.29 is 14.3 Å². The van der Waals surface area contributed by atoms with Gasteiger partial charge >= 0.3 is 5.97 Å². The minimum Gasteiger partial charge on any atom is -0.497 e. The number of ether oxygens (including phenoxy) is 2. The molecular formula is C15H23NO3S. The number of carbonyl (C=O) groups is 1. The molecule has 0 saturated heterocycles. The lowest BCUT2D eigenvalue weighted by Crippen LogP contribution is -2.40. The van der Waals surface area contributed by atoms with E-state index in [9.17, 15) is 4.79 Å². The molecule has 1 unspecified atom stereocenters. The third kappa shape index (κ3) is 5.84. The molecule has 0 heterocycles. The first-order chi connectivity index (χ1) is 9.71. The Hall–Kier alpha value is -1.20. The van der Waals surface area contributed by atoms with Gasteiger partial charge in [0.2, 0.25) is 0 Å². The van der Waals surface area contributed by atoms with Gasteiger partial charge in [-0.05, 0) is 38.1 Å². The zero-order valence-corrected chi connectivity index (χ0v) is 13.2. The number of esters is 1. The van der Waals surface area contributed by atoms with Crippen LogP contribution in [0.15, 0.2) is 29.2 Å². The Labute approximate surface area is 125 Å². The Bertz CT molecular complexity index is 412. The quantitative estimate of drug-likeness (QED) is 0.561. The summed E-state index contributed by atoms with van der Waals surface area (Å²) in [4.78, 5) is 13.0. The topological polar surface area (TPSA) is 47.6 Å². The van der Waals surface area contributed by atoms with Gasteiger partial charge in [-0.3, -0.25) is 4.79 Å². The number of carbonyl (C=O) groups excluding carboxylic acids is 1. The highest BCUT2D eigenvalue weighted by Gasteiger charge is 2.19. The maximum atomic E-state index is 11.9. The minimum absolute atomic E-state index is 0.184. The number of methoxy groups -OCH3 is 1. The van der Waals surface area contributed by atoms with E-state index in [1.807, 2.05) is 31.2 Å². The van der Waals surface area contributed by atoms with E-state index >= 15 is 0 Å². The molecule has 0 aliphatic carbocycles. The highest BCUT2D eigenvalue weighted by atomic mass is 32.2. The van der Waals surface area contributed by atoms with Gasteiger partial charge in [0.05, 0.1) is 13.7 Å². The van der Waals surface area contributed by atoms with Crippen molar-refractivity contribution in [3.63, 3.8) is 0 Å². The molecule has 1 rings (SSSR count). The van der Waals surface area contributed by atoms with Gasteiger partial charge in [0, 0.05) is 10.6 Å². The van der Waals surface area contributed by atoms with Crippen LogP contribution >= 0.6 is 11.8 Å². The first-order valence-electron chi connectivity index (χ1n) is 6.88. The number of benzene rings is 1. The lowest BCUT2D eigenvalue weighted by Gasteiger charge is -2.16. The fraction of sp³-hybridized carbons (Fsp3) is 0.533. The van der Waals surface area contributed by atoms with E-state index in [0.717, 1.165) is 23.6 Å². The molecule has 1 aromatic carbocycles. The van der Waals surface area contributed by atoms with E-state index < -0.39 is 0 Å². The van der Waals surface area contributed by atoms with Crippen molar-refractivity contribution >= 4 is 17.7 Å². The molecule has 20 heavy (non-hydrogen) atoms. The smallest absolute Gasteiger partial charge is 0.323 e. The number of nitrogens with one attached hydrogen (secondary N) is 1. The van der Waals surface area contributed by atoms with Gasteiger partial charge in [0.15, 0.2) is 0 Å². The van der Waals surface area contributed by atoms with E-state index in [1.165, 1.54) is 0 Å². The molecule has 1 aromatic rings. The van der Waals surface area contributed by atoms with Crippen molar-refractivity contribution in [1.82, 2.24) is 5.32 Å². The zero-order chi connectivity index (χ0) is 14.8. The molecule has 1 N–H and O–H groups in total. The average Bonchev–Trinajstić information content (AvgIpc) is 2.47. The van der Waals surface area contributed by atoms with Gasteiger partial charge in [-0.2, -0.15) is 0 Å². The largest absolute Gasteiger partial charge is 0.497 e. The Kier molecular flexibility index (Phi) is 8.14. The molecule has 0 bridgehead atoms. The third-order valence-corrected chi connectivity index (χ3v) is 3.76. The van der Waals surface area contributed by atoms with Crippen LogP contribution in [-0.2, 0) is 9.53 Å². The van der Waals surface area contributed by atoms with Crippen molar-refractivity contribution in [2.75, 3.05) is 26.0 Å². The standard InChI is InChI=1S/C15H23NO3S/c1-4-9-16-14(15(17)19-5-2)11-20-13-8-6-7-12(10-13)18-3/h6-8,10,14,16H,4-5,9,11H2,1-3H3. The normalized spacial score (nSPS) is 11.9. The Morgan fingerprint density at radius 2 is 2.20 bits per heavy atom. The molecule has 0 fully saturated rings. The first kappa shape index (κ1) is 16.9. The summed E-state index contributed by atoms with van der Waals surface area (Å²) in [6.45, 7) is 5.11. The maximum Gasteiger partial charge on any atom is 0.323 e. The van der Waals surface area contributed by atoms with Gasteiger partial charge in [-0.25, -0.2) is 0 Å². The number of hydrogen-bond acceptors (Lipinski definition) is 5. The molecule has 1 atom stereocenters. The van der Waals surface area contributed by atoms with E-state index in [2.05, 4.69) is 12.2 Å². The molecule has 112 valence electrons. The molecule has 0 aliphatic heterocycles. The third-order valence-electron chi connectivity index (χ3n) is 2.67. The van der Waals surface area contributed by atoms with Crippen molar-refractivity contribution in [2.45, 2.75) is 31.2 Å². The van der Waals surface area contributed by atoms with Crippen LogP contribution in [0.5, 0.6) is 5.75 Å². The molecule has 0 saturated carbocycles. The molecule has 0 amide bonds. The summed E-state index contributed by atoms with van der Waals surface area (Å²) in [5.41, 5.74) is 0. The van der Waals surface area contributed by atoms with Gasteiger partial charge in [-0.1, -0.05) is 13.0 Å². The van der Waals surface area contributed by atoms with Crippen molar-refractivity contribution in [1.29, 1.82) is 0 Å². The molecular weight excluding hydrogens is 274 g/mol. The van der Waals surface area contributed by atoms with E-state index in [0.29, 0.717) is 12.4 Å². The van der Waals surface area contributed by atoms with Crippen molar-refractivity contribution in [3.05, 3.63) is 24.3 Å². The van der Waals surface area contributed by atoms with Gasteiger partial charge in [0.25, 0.3) is 0 Å². The summed E-state index contributed by atoms with van der Waals surface area (Å²) in [7, 11) is 1.65. The van der Waals surface area contributed by atoms with Gasteiger partial charge < -0.3 is 14.8 Å². The minimum atomic E-state index is -0.272. The zero-order valence-electron chi connectivity index (χ0n) is 12.3. The second-order valence-electron chi connectivity index (χ2n) is 4.25.